The van der Waals surface area contributed by atoms with Crippen LogP contribution >= 0.6 is 0 Å². The van der Waals surface area contributed by atoms with Crippen LogP contribution in [0.5, 0.6) is 0 Å². The first-order valence-electron chi connectivity index (χ1n) is 4.42. The maximum Gasteiger partial charge on any atom is 0.00977 e. The second-order valence-corrected chi connectivity index (χ2v) is 2.59. The summed E-state index contributed by atoms with van der Waals surface area (Å²) < 4.78 is 0. The molecule has 0 spiro atoms. The first kappa shape index (κ1) is 10.9. The summed E-state index contributed by atoms with van der Waals surface area (Å²) >= 11 is 0. The van der Waals surface area contributed by atoms with Crippen LogP contribution in [0.15, 0.2) is 12.7 Å². The molecular formula is C12H16. The minimum atomic E-state index is 0.849. The van der Waals surface area contributed by atoms with Gasteiger partial charge in [-0.3, -0.25) is 0 Å². The molecule has 0 unspecified atom stereocenters. The second-order valence-electron chi connectivity index (χ2n) is 2.59. The van der Waals surface area contributed by atoms with E-state index in [4.69, 9.17) is 6.42 Å². The first-order valence-corrected chi connectivity index (χ1v) is 4.42. The topological polar surface area (TPSA) is 0 Å². The number of allylic oxidation sites excluding steroid dienone is 1. The van der Waals surface area contributed by atoms with E-state index < -0.39 is 0 Å². The average molecular weight is 160 g/mol. The highest BCUT2D eigenvalue weighted by Crippen LogP contribution is 1.95. The summed E-state index contributed by atoms with van der Waals surface area (Å²) in [7, 11) is 0. The van der Waals surface area contributed by atoms with Crippen molar-refractivity contribution >= 4 is 0 Å². The third kappa shape index (κ3) is 8.86. The van der Waals surface area contributed by atoms with Crippen molar-refractivity contribution in [2.75, 3.05) is 0 Å². The van der Waals surface area contributed by atoms with E-state index in [1.54, 1.807) is 0 Å². The predicted octanol–water partition coefficient (Wildman–Crippen LogP) is 3.15. The lowest BCUT2D eigenvalue weighted by atomic mass is 10.2. The Morgan fingerprint density at radius 1 is 1.08 bits per heavy atom. The minimum absolute atomic E-state index is 0.849. The van der Waals surface area contributed by atoms with Gasteiger partial charge < -0.3 is 0 Å². The van der Waals surface area contributed by atoms with Gasteiger partial charge in [0.05, 0.1) is 0 Å². The standard InChI is InChI=1S/C12H16/c1-3-5-7-9-11-12-10-8-6-4-2/h1,4H,2,5-10H2. The van der Waals surface area contributed by atoms with Gasteiger partial charge in [0.2, 0.25) is 0 Å². The lowest BCUT2D eigenvalue weighted by Gasteiger charge is -1.86. The maximum absolute atomic E-state index is 5.10. The zero-order valence-corrected chi connectivity index (χ0v) is 7.60. The molecule has 0 bridgehead atoms. The van der Waals surface area contributed by atoms with Gasteiger partial charge in [0, 0.05) is 19.3 Å². The van der Waals surface area contributed by atoms with Crippen molar-refractivity contribution in [1.29, 1.82) is 0 Å². The summed E-state index contributed by atoms with van der Waals surface area (Å²) in [6.45, 7) is 3.65. The molecule has 0 rings (SSSR count). The van der Waals surface area contributed by atoms with Crippen molar-refractivity contribution < 1.29 is 0 Å². The Labute approximate surface area is 76.1 Å². The molecule has 0 nitrogen and oxygen atoms in total. The van der Waals surface area contributed by atoms with Crippen molar-refractivity contribution in [3.8, 4) is 24.2 Å². The average Bonchev–Trinajstić information content (AvgIpc) is 2.10. The van der Waals surface area contributed by atoms with Gasteiger partial charge in [0.15, 0.2) is 0 Å². The van der Waals surface area contributed by atoms with Gasteiger partial charge in [0.25, 0.3) is 0 Å². The van der Waals surface area contributed by atoms with Crippen LogP contribution in [-0.4, -0.2) is 0 Å². The number of terminal acetylenes is 1. The van der Waals surface area contributed by atoms with Gasteiger partial charge in [-0.1, -0.05) is 6.08 Å². The Morgan fingerprint density at radius 2 is 1.75 bits per heavy atom. The third-order valence-electron chi connectivity index (χ3n) is 1.46. The molecule has 0 aliphatic rings. The molecule has 0 aromatic rings. The molecule has 0 fully saturated rings. The van der Waals surface area contributed by atoms with Crippen molar-refractivity contribution in [1.82, 2.24) is 0 Å². The van der Waals surface area contributed by atoms with E-state index in [0.29, 0.717) is 0 Å². The third-order valence-corrected chi connectivity index (χ3v) is 1.46. The first-order chi connectivity index (χ1) is 5.91. The molecule has 0 heteroatoms. The van der Waals surface area contributed by atoms with Crippen LogP contribution in [-0.2, 0) is 0 Å². The molecule has 12 heavy (non-hydrogen) atoms. The fourth-order valence-electron chi connectivity index (χ4n) is 0.790. The molecule has 0 N–H and O–H groups in total. The molecule has 0 aromatic heterocycles. The molecule has 0 saturated carbocycles. The van der Waals surface area contributed by atoms with E-state index in [-0.39, 0.29) is 0 Å². The van der Waals surface area contributed by atoms with Gasteiger partial charge in [-0.2, -0.15) is 0 Å². The van der Waals surface area contributed by atoms with E-state index in [2.05, 4.69) is 24.3 Å². The van der Waals surface area contributed by atoms with E-state index in [0.717, 1.165) is 38.5 Å². The fourth-order valence-corrected chi connectivity index (χ4v) is 0.790. The molecule has 0 saturated heterocycles. The van der Waals surface area contributed by atoms with Crippen molar-refractivity contribution in [2.45, 2.75) is 38.5 Å². The quantitative estimate of drug-likeness (QED) is 0.329. The zero-order valence-electron chi connectivity index (χ0n) is 7.60. The van der Waals surface area contributed by atoms with Crippen LogP contribution < -0.4 is 0 Å². The molecule has 0 amide bonds. The number of hydrogen-bond donors (Lipinski definition) is 0. The van der Waals surface area contributed by atoms with E-state index in [1.165, 1.54) is 0 Å². The Bertz CT molecular complexity index is 194. The van der Waals surface area contributed by atoms with Gasteiger partial charge in [-0.15, -0.1) is 30.8 Å². The van der Waals surface area contributed by atoms with E-state index in [1.807, 2.05) is 6.08 Å². The molecule has 0 aliphatic heterocycles. The summed E-state index contributed by atoms with van der Waals surface area (Å²) in [6, 6.07) is 0. The van der Waals surface area contributed by atoms with Gasteiger partial charge in [0.1, 0.15) is 0 Å². The lowest BCUT2D eigenvalue weighted by Crippen LogP contribution is -1.71. The highest BCUT2D eigenvalue weighted by Gasteiger charge is 1.79. The summed E-state index contributed by atoms with van der Waals surface area (Å²) in [5.74, 6) is 8.81. The number of hydrogen-bond acceptors (Lipinski definition) is 0. The van der Waals surface area contributed by atoms with Crippen LogP contribution in [0.25, 0.3) is 0 Å². The number of unbranched alkanes of at least 4 members (excludes halogenated alkanes) is 4. The smallest absolute Gasteiger partial charge is 0.00977 e. The highest BCUT2D eigenvalue weighted by atomic mass is 13.8. The SMILES string of the molecule is C#CCCCC#CCCCC=C. The van der Waals surface area contributed by atoms with Crippen LogP contribution in [0.4, 0.5) is 0 Å². The Kier molecular flexibility index (Phi) is 8.92. The monoisotopic (exact) mass is 160 g/mol. The number of rotatable bonds is 5. The lowest BCUT2D eigenvalue weighted by molar-refractivity contribution is 0.877. The van der Waals surface area contributed by atoms with Gasteiger partial charge in [-0.25, -0.2) is 0 Å². The molecule has 0 aliphatic carbocycles. The summed E-state index contributed by atoms with van der Waals surface area (Å²) in [5.41, 5.74) is 0. The van der Waals surface area contributed by atoms with Crippen molar-refractivity contribution in [3.63, 3.8) is 0 Å². The molecule has 0 radical (unpaired) electrons. The normalized spacial score (nSPS) is 7.92. The second kappa shape index (κ2) is 9.86. The van der Waals surface area contributed by atoms with Crippen molar-refractivity contribution in [3.05, 3.63) is 12.7 Å². The van der Waals surface area contributed by atoms with E-state index >= 15 is 0 Å². The van der Waals surface area contributed by atoms with Crippen LogP contribution in [0, 0.1) is 24.2 Å². The molecule has 0 aromatic carbocycles. The summed E-state index contributed by atoms with van der Waals surface area (Å²) in [4.78, 5) is 0. The molecule has 0 atom stereocenters. The van der Waals surface area contributed by atoms with E-state index in [9.17, 15) is 0 Å². The Balaban J connectivity index is 3.12. The van der Waals surface area contributed by atoms with Crippen LogP contribution in [0.2, 0.25) is 0 Å². The maximum atomic E-state index is 5.10. The predicted molar refractivity (Wildman–Crippen MR) is 54.5 cm³/mol. The Hall–Kier alpha value is -1.14. The summed E-state index contributed by atoms with van der Waals surface area (Å²) in [6.07, 6.45) is 13.0. The summed E-state index contributed by atoms with van der Waals surface area (Å²) in [5, 5.41) is 0. The fraction of sp³-hybridized carbons (Fsp3) is 0.500. The Morgan fingerprint density at radius 3 is 2.33 bits per heavy atom. The van der Waals surface area contributed by atoms with Crippen LogP contribution in [0.3, 0.4) is 0 Å². The molecule has 64 valence electrons. The zero-order chi connectivity index (χ0) is 9.07. The minimum Gasteiger partial charge on any atom is -0.120 e. The molecular weight excluding hydrogens is 144 g/mol. The largest absolute Gasteiger partial charge is 0.120 e. The van der Waals surface area contributed by atoms with Crippen molar-refractivity contribution in [2.24, 2.45) is 0 Å². The van der Waals surface area contributed by atoms with Crippen LogP contribution in [0.1, 0.15) is 38.5 Å². The highest BCUT2D eigenvalue weighted by molar-refractivity contribution is 4.99. The van der Waals surface area contributed by atoms with Gasteiger partial charge >= 0.3 is 0 Å². The van der Waals surface area contributed by atoms with Gasteiger partial charge in [-0.05, 0) is 19.3 Å². The molecule has 0 heterocycles.